The minimum Gasteiger partial charge on any atom is -0.434 e. The molecule has 1 aliphatic rings. The summed E-state index contributed by atoms with van der Waals surface area (Å²) in [6, 6.07) is 6.27. The van der Waals surface area contributed by atoms with Crippen LogP contribution < -0.4 is 10.5 Å². The molecule has 146 valence electrons. The number of ether oxygens (including phenoxy) is 1. The highest BCUT2D eigenvalue weighted by molar-refractivity contribution is 5.85. The summed E-state index contributed by atoms with van der Waals surface area (Å²) in [5.41, 5.74) is 12.8. The second-order valence-corrected chi connectivity index (χ2v) is 7.54. The number of nitrogens with zero attached hydrogens (tertiary/aromatic N) is 4. The first-order valence-electron chi connectivity index (χ1n) is 9.61. The van der Waals surface area contributed by atoms with Crippen LogP contribution in [-0.4, -0.2) is 38.4 Å². The highest BCUT2D eigenvalue weighted by atomic mass is 16.5. The molecule has 0 unspecified atom stereocenters. The molecule has 4 aromatic rings. The summed E-state index contributed by atoms with van der Waals surface area (Å²) in [4.78, 5) is 18.6. The Bertz CT molecular complexity index is 1220. The lowest BCUT2D eigenvalue weighted by Gasteiger charge is -2.27. The molecule has 29 heavy (non-hydrogen) atoms. The van der Waals surface area contributed by atoms with Crippen molar-refractivity contribution in [2.24, 2.45) is 0 Å². The predicted octanol–water partition coefficient (Wildman–Crippen LogP) is 3.69. The van der Waals surface area contributed by atoms with Gasteiger partial charge in [-0.05, 0) is 55.3 Å². The molecule has 0 radical (unpaired) electrons. The van der Waals surface area contributed by atoms with Crippen LogP contribution in [0.1, 0.15) is 16.7 Å². The van der Waals surface area contributed by atoms with Crippen molar-refractivity contribution < 1.29 is 4.74 Å². The lowest BCUT2D eigenvalue weighted by molar-refractivity contribution is 0.312. The number of H-pyrrole nitrogens is 1. The van der Waals surface area contributed by atoms with Crippen LogP contribution in [-0.2, 0) is 13.0 Å². The average Bonchev–Trinajstić information content (AvgIpc) is 3.12. The molecule has 1 aliphatic heterocycles. The van der Waals surface area contributed by atoms with E-state index in [0.29, 0.717) is 11.6 Å². The molecule has 5 rings (SSSR count). The minimum absolute atomic E-state index is 0.256. The van der Waals surface area contributed by atoms with Gasteiger partial charge in [0.1, 0.15) is 0 Å². The third-order valence-electron chi connectivity index (χ3n) is 5.46. The molecule has 0 bridgehead atoms. The molecule has 0 spiro atoms. The number of rotatable bonds is 3. The van der Waals surface area contributed by atoms with Crippen LogP contribution in [0, 0.1) is 6.92 Å². The van der Waals surface area contributed by atoms with Gasteiger partial charge >= 0.3 is 0 Å². The fourth-order valence-corrected chi connectivity index (χ4v) is 3.94. The summed E-state index contributed by atoms with van der Waals surface area (Å²) in [6.45, 7) is 4.20. The molecule has 3 N–H and O–H groups in total. The molecule has 3 aromatic heterocycles. The van der Waals surface area contributed by atoms with Crippen LogP contribution in [0.25, 0.3) is 22.2 Å². The highest BCUT2D eigenvalue weighted by Crippen LogP contribution is 2.33. The van der Waals surface area contributed by atoms with E-state index in [2.05, 4.69) is 50.9 Å². The number of nitrogens with two attached hydrogens (primary N) is 1. The number of anilines is 1. The maximum Gasteiger partial charge on any atom is 0.263 e. The Morgan fingerprint density at radius 2 is 2.14 bits per heavy atom. The van der Waals surface area contributed by atoms with Crippen LogP contribution in [0.3, 0.4) is 0 Å². The normalized spacial score (nSPS) is 14.1. The van der Waals surface area contributed by atoms with Gasteiger partial charge in [-0.25, -0.2) is 9.97 Å². The number of aryl methyl sites for hydroxylation is 1. The van der Waals surface area contributed by atoms with E-state index in [9.17, 15) is 0 Å². The second-order valence-electron chi connectivity index (χ2n) is 7.54. The van der Waals surface area contributed by atoms with E-state index in [-0.39, 0.29) is 5.82 Å². The van der Waals surface area contributed by atoms with Crippen LogP contribution >= 0.6 is 0 Å². The molecule has 4 heterocycles. The van der Waals surface area contributed by atoms with E-state index in [1.807, 2.05) is 6.07 Å². The maximum absolute atomic E-state index is 6.06. The highest BCUT2D eigenvalue weighted by Gasteiger charge is 2.18. The number of benzene rings is 1. The van der Waals surface area contributed by atoms with Gasteiger partial charge < -0.3 is 20.4 Å². The van der Waals surface area contributed by atoms with Crippen molar-refractivity contribution in [3.63, 3.8) is 0 Å². The number of pyridine rings is 1. The van der Waals surface area contributed by atoms with Crippen molar-refractivity contribution in [3.05, 3.63) is 59.7 Å². The molecule has 0 aliphatic carbocycles. The zero-order valence-corrected chi connectivity index (χ0v) is 16.4. The average molecular weight is 386 g/mol. The van der Waals surface area contributed by atoms with Gasteiger partial charge in [0.05, 0.1) is 23.6 Å². The van der Waals surface area contributed by atoms with Crippen molar-refractivity contribution in [1.29, 1.82) is 0 Å². The van der Waals surface area contributed by atoms with E-state index >= 15 is 0 Å². The Labute approximate surface area is 168 Å². The first-order chi connectivity index (χ1) is 14.1. The van der Waals surface area contributed by atoms with Crippen molar-refractivity contribution in [1.82, 2.24) is 24.8 Å². The molecule has 0 amide bonds. The summed E-state index contributed by atoms with van der Waals surface area (Å²) < 4.78 is 6.02. The number of aromatic amines is 1. The number of nitrogen functional groups attached to an aromatic ring is 1. The summed E-state index contributed by atoms with van der Waals surface area (Å²) in [6.07, 6.45) is 8.03. The number of aromatic nitrogens is 4. The van der Waals surface area contributed by atoms with Gasteiger partial charge in [0, 0.05) is 36.4 Å². The van der Waals surface area contributed by atoms with Crippen LogP contribution in [0.5, 0.6) is 11.6 Å². The molecule has 1 aromatic carbocycles. The first kappa shape index (κ1) is 17.6. The van der Waals surface area contributed by atoms with Crippen molar-refractivity contribution >= 4 is 16.7 Å². The first-order valence-corrected chi connectivity index (χ1v) is 9.61. The van der Waals surface area contributed by atoms with E-state index in [0.717, 1.165) is 41.7 Å². The van der Waals surface area contributed by atoms with Crippen LogP contribution in [0.4, 0.5) is 5.82 Å². The smallest absolute Gasteiger partial charge is 0.263 e. The molecule has 7 heteroatoms. The lowest BCUT2D eigenvalue weighted by atomic mass is 9.92. The van der Waals surface area contributed by atoms with E-state index < -0.39 is 0 Å². The molecular weight excluding hydrogens is 364 g/mol. The Morgan fingerprint density at radius 1 is 1.24 bits per heavy atom. The summed E-state index contributed by atoms with van der Waals surface area (Å²) in [5, 5.41) is 0.916. The molecule has 0 saturated carbocycles. The van der Waals surface area contributed by atoms with Crippen LogP contribution in [0.15, 0.2) is 43.0 Å². The van der Waals surface area contributed by atoms with E-state index in [1.54, 1.807) is 24.8 Å². The van der Waals surface area contributed by atoms with Gasteiger partial charge in [-0.2, -0.15) is 0 Å². The van der Waals surface area contributed by atoms with Gasteiger partial charge in [0.25, 0.3) is 5.88 Å². The molecule has 7 nitrogen and oxygen atoms in total. The fourth-order valence-electron chi connectivity index (χ4n) is 3.94. The SMILES string of the molecule is Cc1cc(-c2cnc(N)c(Oc3c[nH]c4cnccc34)n2)cc2c1CCN(C)C2. The topological polar surface area (TPSA) is 92.9 Å². The molecule has 0 saturated heterocycles. The van der Waals surface area contributed by atoms with Crippen molar-refractivity contribution in [3.8, 4) is 22.9 Å². The number of hydrogen-bond acceptors (Lipinski definition) is 6. The zero-order valence-electron chi connectivity index (χ0n) is 16.4. The predicted molar refractivity (Wildman–Crippen MR) is 113 cm³/mol. The molecule has 0 atom stereocenters. The summed E-state index contributed by atoms with van der Waals surface area (Å²) in [5.74, 6) is 1.20. The van der Waals surface area contributed by atoms with E-state index in [1.165, 1.54) is 16.7 Å². The largest absolute Gasteiger partial charge is 0.434 e. The van der Waals surface area contributed by atoms with Gasteiger partial charge in [-0.3, -0.25) is 4.98 Å². The fraction of sp³-hybridized carbons (Fsp3) is 0.227. The third kappa shape index (κ3) is 3.19. The number of nitrogens with one attached hydrogen (secondary N) is 1. The van der Waals surface area contributed by atoms with Gasteiger partial charge in [0.2, 0.25) is 0 Å². The number of fused-ring (bicyclic) bond motifs is 2. The van der Waals surface area contributed by atoms with Gasteiger partial charge in [-0.1, -0.05) is 0 Å². The third-order valence-corrected chi connectivity index (χ3v) is 5.46. The molecule has 0 fully saturated rings. The van der Waals surface area contributed by atoms with Gasteiger partial charge in [-0.15, -0.1) is 0 Å². The summed E-state index contributed by atoms with van der Waals surface area (Å²) >= 11 is 0. The van der Waals surface area contributed by atoms with E-state index in [4.69, 9.17) is 10.5 Å². The van der Waals surface area contributed by atoms with Crippen LogP contribution in [0.2, 0.25) is 0 Å². The minimum atomic E-state index is 0.256. The Kier molecular flexibility index (Phi) is 4.17. The monoisotopic (exact) mass is 386 g/mol. The van der Waals surface area contributed by atoms with Crippen molar-refractivity contribution in [2.75, 3.05) is 19.3 Å². The number of likely N-dealkylation sites (N-methyl/N-ethyl adjacent to an activating group) is 1. The quantitative estimate of drug-likeness (QED) is 0.558. The number of hydrogen-bond donors (Lipinski definition) is 2. The second kappa shape index (κ2) is 6.86. The van der Waals surface area contributed by atoms with Crippen molar-refractivity contribution in [2.45, 2.75) is 19.9 Å². The molecular formula is C22H22N6O. The Morgan fingerprint density at radius 3 is 3.03 bits per heavy atom. The lowest BCUT2D eigenvalue weighted by Crippen LogP contribution is -2.27. The standard InChI is InChI=1S/C22H22N6O/c1-13-7-14(8-15-12-28(2)6-4-16(13)15)18-10-26-21(23)22(27-18)29-20-11-25-19-9-24-5-3-17(19)20/h3,5,7-11,25H,4,6,12H2,1-2H3,(H2,23,26). The zero-order chi connectivity index (χ0) is 20.0. The summed E-state index contributed by atoms with van der Waals surface area (Å²) in [7, 11) is 2.15. The van der Waals surface area contributed by atoms with Gasteiger partial charge in [0.15, 0.2) is 11.6 Å². The Hall–Kier alpha value is -3.45. The maximum atomic E-state index is 6.06. The Balaban J connectivity index is 1.53.